The minimum Gasteiger partial charge on any atom is -0.462 e. The van der Waals surface area contributed by atoms with Crippen molar-refractivity contribution < 1.29 is 28.6 Å². The van der Waals surface area contributed by atoms with Crippen LogP contribution in [0.1, 0.15) is 329 Å². The summed E-state index contributed by atoms with van der Waals surface area (Å²) in [6.45, 7) is 6.54. The van der Waals surface area contributed by atoms with E-state index in [1.54, 1.807) is 0 Å². The maximum atomic E-state index is 12.9. The molecule has 434 valence electrons. The summed E-state index contributed by atoms with van der Waals surface area (Å²) in [4.78, 5) is 38.3. The Morgan fingerprint density at radius 1 is 0.280 bits per heavy atom. The molecule has 0 aromatic heterocycles. The van der Waals surface area contributed by atoms with Gasteiger partial charge in [0.2, 0.25) is 0 Å². The Hall–Kier alpha value is -3.15. The van der Waals surface area contributed by atoms with Gasteiger partial charge in [0.1, 0.15) is 13.2 Å². The van der Waals surface area contributed by atoms with Crippen molar-refractivity contribution in [3.05, 3.63) is 72.9 Å². The average Bonchev–Trinajstić information content (AvgIpc) is 3.41. The lowest BCUT2D eigenvalue weighted by molar-refractivity contribution is -0.167. The van der Waals surface area contributed by atoms with E-state index in [4.69, 9.17) is 14.2 Å². The van der Waals surface area contributed by atoms with E-state index in [1.807, 2.05) is 0 Å². The number of hydrogen-bond acceptors (Lipinski definition) is 6. The SMILES string of the molecule is CC/C=C\C/C=C\C/C=C\C/C=C\CCCCCCC(=O)OC(COC(=O)CCCCCCCCC/C=C\CCCCCCCC)COC(=O)CCCCCCCCCCCCC/C=C\CCCCCCCCCC. The number of ether oxygens (including phenoxy) is 3. The number of hydrogen-bond donors (Lipinski definition) is 0. The van der Waals surface area contributed by atoms with Gasteiger partial charge in [-0.1, -0.05) is 273 Å². The van der Waals surface area contributed by atoms with Crippen LogP contribution in [-0.4, -0.2) is 37.2 Å². The third kappa shape index (κ3) is 61.6. The van der Waals surface area contributed by atoms with E-state index in [9.17, 15) is 14.4 Å². The van der Waals surface area contributed by atoms with Crippen molar-refractivity contribution in [3.63, 3.8) is 0 Å². The largest absolute Gasteiger partial charge is 0.462 e. The minimum atomic E-state index is -0.792. The lowest BCUT2D eigenvalue weighted by Gasteiger charge is -2.18. The first-order valence-corrected chi connectivity index (χ1v) is 32.4. The first kappa shape index (κ1) is 71.8. The monoisotopic (exact) mass is 1050 g/mol. The standard InChI is InChI=1S/C69H122O6/c1-4-7-10-13-16-19-22-25-28-31-32-33-34-35-36-39-41-44-47-50-53-56-59-62-68(71)74-65-66(75-69(72)63-60-57-54-51-48-45-42-38-30-27-24-21-18-15-12-9-6-3)64-73-67(70)61-58-55-52-49-46-43-40-37-29-26-23-20-17-14-11-8-5-2/h9,12,18,21,26-27,29-32,42,45,66H,4-8,10-11,13-17,19-20,22-25,28,33-41,43-44,46-65H2,1-3H3/b12-9-,21-18-,29-26-,30-27-,32-31-,45-42-. The van der Waals surface area contributed by atoms with Gasteiger partial charge >= 0.3 is 17.9 Å². The fourth-order valence-corrected chi connectivity index (χ4v) is 9.31. The normalized spacial score (nSPS) is 12.5. The van der Waals surface area contributed by atoms with Crippen LogP contribution < -0.4 is 0 Å². The summed E-state index contributed by atoms with van der Waals surface area (Å²) in [5, 5.41) is 0. The van der Waals surface area contributed by atoms with Crippen molar-refractivity contribution >= 4 is 17.9 Å². The Morgan fingerprint density at radius 2 is 0.520 bits per heavy atom. The van der Waals surface area contributed by atoms with Gasteiger partial charge in [0.15, 0.2) is 6.10 Å². The zero-order valence-corrected chi connectivity index (χ0v) is 49.8. The van der Waals surface area contributed by atoms with Crippen molar-refractivity contribution in [1.82, 2.24) is 0 Å². The Bertz CT molecular complexity index is 1390. The second-order valence-corrected chi connectivity index (χ2v) is 21.6. The molecule has 0 amide bonds. The highest BCUT2D eigenvalue weighted by Crippen LogP contribution is 2.16. The van der Waals surface area contributed by atoms with Crippen LogP contribution in [0, 0.1) is 0 Å². The third-order valence-electron chi connectivity index (χ3n) is 14.2. The predicted molar refractivity (Wildman–Crippen MR) is 325 cm³/mol. The van der Waals surface area contributed by atoms with Gasteiger partial charge in [-0.2, -0.15) is 0 Å². The van der Waals surface area contributed by atoms with Gasteiger partial charge < -0.3 is 14.2 Å². The summed E-state index contributed by atoms with van der Waals surface area (Å²) < 4.78 is 16.9. The molecule has 0 radical (unpaired) electrons. The zero-order valence-electron chi connectivity index (χ0n) is 49.8. The van der Waals surface area contributed by atoms with E-state index in [0.717, 1.165) is 96.3 Å². The molecule has 6 heteroatoms. The molecule has 0 aromatic carbocycles. The fourth-order valence-electron chi connectivity index (χ4n) is 9.31. The smallest absolute Gasteiger partial charge is 0.306 e. The molecule has 0 aliphatic heterocycles. The highest BCUT2D eigenvalue weighted by Gasteiger charge is 2.19. The summed E-state index contributed by atoms with van der Waals surface area (Å²) >= 11 is 0. The second-order valence-electron chi connectivity index (χ2n) is 21.6. The van der Waals surface area contributed by atoms with Crippen LogP contribution in [0.2, 0.25) is 0 Å². The first-order chi connectivity index (χ1) is 37.0. The molecule has 0 fully saturated rings. The molecule has 75 heavy (non-hydrogen) atoms. The molecular weight excluding hydrogens is 925 g/mol. The molecule has 0 aliphatic carbocycles. The van der Waals surface area contributed by atoms with E-state index in [-0.39, 0.29) is 31.1 Å². The van der Waals surface area contributed by atoms with Crippen molar-refractivity contribution in [3.8, 4) is 0 Å². The van der Waals surface area contributed by atoms with Gasteiger partial charge in [0.25, 0.3) is 0 Å². The number of allylic oxidation sites excluding steroid dienone is 12. The van der Waals surface area contributed by atoms with E-state index < -0.39 is 6.10 Å². The molecule has 0 spiro atoms. The molecule has 0 saturated carbocycles. The van der Waals surface area contributed by atoms with Crippen LogP contribution in [0.15, 0.2) is 72.9 Å². The molecule has 0 heterocycles. The Labute approximate surface area is 465 Å². The van der Waals surface area contributed by atoms with Crippen LogP contribution in [0.3, 0.4) is 0 Å². The van der Waals surface area contributed by atoms with Crippen molar-refractivity contribution in [2.45, 2.75) is 335 Å². The van der Waals surface area contributed by atoms with Crippen molar-refractivity contribution in [2.24, 2.45) is 0 Å². The van der Waals surface area contributed by atoms with Crippen molar-refractivity contribution in [1.29, 1.82) is 0 Å². The maximum absolute atomic E-state index is 12.9. The Morgan fingerprint density at radius 3 is 0.827 bits per heavy atom. The minimum absolute atomic E-state index is 0.0856. The average molecular weight is 1050 g/mol. The molecule has 0 rings (SSSR count). The first-order valence-electron chi connectivity index (χ1n) is 32.4. The molecule has 0 saturated heterocycles. The maximum Gasteiger partial charge on any atom is 0.306 e. The molecule has 0 N–H and O–H groups in total. The van der Waals surface area contributed by atoms with Crippen LogP contribution in [0.5, 0.6) is 0 Å². The van der Waals surface area contributed by atoms with Crippen molar-refractivity contribution in [2.75, 3.05) is 13.2 Å². The van der Waals surface area contributed by atoms with Gasteiger partial charge in [-0.05, 0) is 109 Å². The summed E-state index contributed by atoms with van der Waals surface area (Å²) in [6, 6.07) is 0. The summed E-state index contributed by atoms with van der Waals surface area (Å²) in [6.07, 6.45) is 81.9. The van der Waals surface area contributed by atoms with Crippen LogP contribution in [-0.2, 0) is 28.6 Å². The van der Waals surface area contributed by atoms with Gasteiger partial charge in [0.05, 0.1) is 0 Å². The van der Waals surface area contributed by atoms with Crippen LogP contribution in [0.4, 0.5) is 0 Å². The van der Waals surface area contributed by atoms with Gasteiger partial charge in [-0.25, -0.2) is 0 Å². The number of esters is 3. The number of unbranched alkanes of at least 4 members (excludes halogenated alkanes) is 36. The zero-order chi connectivity index (χ0) is 54.3. The fraction of sp³-hybridized carbons (Fsp3) is 0.783. The van der Waals surface area contributed by atoms with E-state index in [2.05, 4.69) is 93.7 Å². The number of carbonyl (C=O) groups is 3. The predicted octanol–water partition coefficient (Wildman–Crippen LogP) is 22.1. The van der Waals surface area contributed by atoms with Gasteiger partial charge in [-0.3, -0.25) is 14.4 Å². The number of rotatable bonds is 59. The second kappa shape index (κ2) is 63.4. The molecule has 0 aliphatic rings. The lowest BCUT2D eigenvalue weighted by atomic mass is 10.0. The van der Waals surface area contributed by atoms with E-state index in [0.29, 0.717) is 19.3 Å². The van der Waals surface area contributed by atoms with Gasteiger partial charge in [-0.15, -0.1) is 0 Å². The molecule has 1 atom stereocenters. The number of carbonyl (C=O) groups excluding carboxylic acids is 3. The molecular formula is C69H122O6. The summed E-state index contributed by atoms with van der Waals surface area (Å²) in [5.41, 5.74) is 0. The Kier molecular flexibility index (Phi) is 60.7. The molecule has 0 aromatic rings. The lowest BCUT2D eigenvalue weighted by Crippen LogP contribution is -2.30. The van der Waals surface area contributed by atoms with Gasteiger partial charge in [0, 0.05) is 19.3 Å². The van der Waals surface area contributed by atoms with Crippen LogP contribution >= 0.6 is 0 Å². The highest BCUT2D eigenvalue weighted by atomic mass is 16.6. The highest BCUT2D eigenvalue weighted by molar-refractivity contribution is 5.71. The quantitative estimate of drug-likeness (QED) is 0.0261. The molecule has 1 unspecified atom stereocenters. The molecule has 0 bridgehead atoms. The Balaban J connectivity index is 4.36. The van der Waals surface area contributed by atoms with E-state index in [1.165, 1.54) is 193 Å². The topological polar surface area (TPSA) is 78.9 Å². The summed E-state index contributed by atoms with van der Waals surface area (Å²) in [7, 11) is 0. The van der Waals surface area contributed by atoms with Crippen LogP contribution in [0.25, 0.3) is 0 Å². The third-order valence-corrected chi connectivity index (χ3v) is 14.2. The van der Waals surface area contributed by atoms with E-state index >= 15 is 0 Å². The molecule has 6 nitrogen and oxygen atoms in total. The summed E-state index contributed by atoms with van der Waals surface area (Å²) in [5.74, 6) is -0.900.